The minimum absolute atomic E-state index is 0.394. The third kappa shape index (κ3) is 2.85. The first-order valence-electron chi connectivity index (χ1n) is 9.63. The van der Waals surface area contributed by atoms with Crippen molar-refractivity contribution in [2.45, 2.75) is 57.8 Å². The number of nitrogens with zero attached hydrogens (tertiary/aromatic N) is 1. The van der Waals surface area contributed by atoms with E-state index in [2.05, 4.69) is 41.2 Å². The molecule has 0 unspecified atom stereocenters. The molecule has 1 saturated carbocycles. The summed E-state index contributed by atoms with van der Waals surface area (Å²) in [6.07, 6.45) is 10.1. The zero-order valence-corrected chi connectivity index (χ0v) is 14.7. The van der Waals surface area contributed by atoms with Crippen molar-refractivity contribution >= 4 is 16.8 Å². The molecule has 2 aromatic rings. The molecule has 128 valence electrons. The van der Waals surface area contributed by atoms with Crippen molar-refractivity contribution in [3.63, 3.8) is 0 Å². The summed E-state index contributed by atoms with van der Waals surface area (Å²) in [7, 11) is 0. The lowest BCUT2D eigenvalue weighted by Gasteiger charge is -2.34. The fraction of sp³-hybridized carbons (Fsp3) is 0.571. The second-order valence-corrected chi connectivity index (χ2v) is 7.59. The Hall–Kier alpha value is -1.77. The molecule has 2 heterocycles. The number of carbonyl (C=O) groups excluding carboxylic acids is 1. The van der Waals surface area contributed by atoms with Crippen molar-refractivity contribution in [2.24, 2.45) is 5.92 Å². The summed E-state index contributed by atoms with van der Waals surface area (Å²) >= 11 is 0. The standard InChI is InChI=1S/C21H28N2O/c1-2-16-7-4-8-18-19(14-22-21(16)18)17-9-11-23(12-10-17)20(24)13-15-5-3-6-15/h4,7-8,14-15,17,22H,2-3,5-6,9-13H2,1H3. The van der Waals surface area contributed by atoms with Gasteiger partial charge in [-0.25, -0.2) is 0 Å². The van der Waals surface area contributed by atoms with Crippen LogP contribution in [0.4, 0.5) is 0 Å². The predicted molar refractivity (Wildman–Crippen MR) is 98.2 cm³/mol. The van der Waals surface area contributed by atoms with Gasteiger partial charge in [0.1, 0.15) is 0 Å². The van der Waals surface area contributed by atoms with Gasteiger partial charge in [0.2, 0.25) is 5.91 Å². The normalized spacial score (nSPS) is 19.6. The molecule has 1 N–H and O–H groups in total. The van der Waals surface area contributed by atoms with E-state index in [9.17, 15) is 4.79 Å². The molecule has 1 aliphatic carbocycles. The largest absolute Gasteiger partial charge is 0.361 e. The Morgan fingerprint density at radius 2 is 2.00 bits per heavy atom. The van der Waals surface area contributed by atoms with Gasteiger partial charge in [-0.2, -0.15) is 0 Å². The number of aromatic nitrogens is 1. The molecule has 1 saturated heterocycles. The van der Waals surface area contributed by atoms with Gasteiger partial charge >= 0.3 is 0 Å². The summed E-state index contributed by atoms with van der Waals surface area (Å²) < 4.78 is 0. The summed E-state index contributed by atoms with van der Waals surface area (Å²) in [4.78, 5) is 18.0. The first-order chi connectivity index (χ1) is 11.8. The van der Waals surface area contributed by atoms with E-state index in [1.807, 2.05) is 0 Å². The Morgan fingerprint density at radius 1 is 1.21 bits per heavy atom. The number of carbonyl (C=O) groups is 1. The van der Waals surface area contributed by atoms with Crippen LogP contribution in [0.5, 0.6) is 0 Å². The minimum Gasteiger partial charge on any atom is -0.361 e. The number of para-hydroxylation sites is 1. The van der Waals surface area contributed by atoms with Gasteiger partial charge in [0.25, 0.3) is 0 Å². The van der Waals surface area contributed by atoms with Crippen LogP contribution < -0.4 is 0 Å². The first kappa shape index (κ1) is 15.7. The number of aromatic amines is 1. The monoisotopic (exact) mass is 324 g/mol. The molecule has 0 bridgehead atoms. The van der Waals surface area contributed by atoms with E-state index >= 15 is 0 Å². The average molecular weight is 324 g/mol. The lowest BCUT2D eigenvalue weighted by Crippen LogP contribution is -2.39. The molecule has 1 aromatic heterocycles. The number of nitrogens with one attached hydrogen (secondary N) is 1. The second-order valence-electron chi connectivity index (χ2n) is 7.59. The maximum absolute atomic E-state index is 12.4. The van der Waals surface area contributed by atoms with Crippen molar-refractivity contribution in [1.82, 2.24) is 9.88 Å². The SMILES string of the molecule is CCc1cccc2c(C3CCN(C(=O)CC4CCC4)CC3)c[nH]c12. The van der Waals surface area contributed by atoms with Gasteiger partial charge in [0.05, 0.1) is 0 Å². The zero-order valence-electron chi connectivity index (χ0n) is 14.7. The molecule has 1 aromatic carbocycles. The van der Waals surface area contributed by atoms with Crippen LogP contribution in [0.15, 0.2) is 24.4 Å². The third-order valence-corrected chi connectivity index (χ3v) is 6.19. The van der Waals surface area contributed by atoms with Crippen LogP contribution >= 0.6 is 0 Å². The van der Waals surface area contributed by atoms with E-state index in [1.54, 1.807) is 0 Å². The minimum atomic E-state index is 0.394. The van der Waals surface area contributed by atoms with Gasteiger partial charge < -0.3 is 9.88 Å². The Labute approximate surface area is 144 Å². The van der Waals surface area contributed by atoms with Gasteiger partial charge in [-0.3, -0.25) is 4.79 Å². The molecule has 3 nitrogen and oxygen atoms in total. The topological polar surface area (TPSA) is 36.1 Å². The summed E-state index contributed by atoms with van der Waals surface area (Å²) in [6, 6.07) is 6.63. The molecule has 4 rings (SSSR count). The summed E-state index contributed by atoms with van der Waals surface area (Å²) in [5.41, 5.74) is 4.15. The smallest absolute Gasteiger partial charge is 0.222 e. The maximum Gasteiger partial charge on any atom is 0.222 e. The van der Waals surface area contributed by atoms with Gasteiger partial charge in [0, 0.05) is 36.6 Å². The number of hydrogen-bond donors (Lipinski definition) is 1. The van der Waals surface area contributed by atoms with Crippen LogP contribution in [0.1, 0.15) is 62.5 Å². The zero-order chi connectivity index (χ0) is 16.5. The van der Waals surface area contributed by atoms with E-state index in [0.717, 1.165) is 38.8 Å². The van der Waals surface area contributed by atoms with E-state index in [-0.39, 0.29) is 0 Å². The maximum atomic E-state index is 12.4. The summed E-state index contributed by atoms with van der Waals surface area (Å²) in [6.45, 7) is 4.06. The van der Waals surface area contributed by atoms with Crippen molar-refractivity contribution in [1.29, 1.82) is 0 Å². The highest BCUT2D eigenvalue weighted by molar-refractivity contribution is 5.86. The molecular weight excluding hydrogens is 296 g/mol. The molecule has 2 aliphatic rings. The molecule has 0 radical (unpaired) electrons. The molecule has 2 fully saturated rings. The van der Waals surface area contributed by atoms with Gasteiger partial charge in [0.15, 0.2) is 0 Å². The molecule has 1 aliphatic heterocycles. The van der Waals surface area contributed by atoms with Crippen LogP contribution in [0.2, 0.25) is 0 Å². The van der Waals surface area contributed by atoms with Crippen LogP contribution in [0.25, 0.3) is 10.9 Å². The highest BCUT2D eigenvalue weighted by Crippen LogP contribution is 2.35. The Morgan fingerprint density at radius 3 is 2.67 bits per heavy atom. The lowest BCUT2D eigenvalue weighted by atomic mass is 9.82. The number of rotatable bonds is 4. The van der Waals surface area contributed by atoms with Crippen LogP contribution in [0, 0.1) is 5.92 Å². The first-order valence-corrected chi connectivity index (χ1v) is 9.63. The highest BCUT2D eigenvalue weighted by atomic mass is 16.2. The number of amides is 1. The van der Waals surface area contributed by atoms with Crippen LogP contribution in [0.3, 0.4) is 0 Å². The van der Waals surface area contributed by atoms with Crippen LogP contribution in [-0.2, 0) is 11.2 Å². The van der Waals surface area contributed by atoms with Gasteiger partial charge in [-0.05, 0) is 55.1 Å². The number of hydrogen-bond acceptors (Lipinski definition) is 1. The van der Waals surface area contributed by atoms with E-state index in [4.69, 9.17) is 0 Å². The molecule has 0 spiro atoms. The van der Waals surface area contributed by atoms with E-state index in [0.29, 0.717) is 17.7 Å². The quantitative estimate of drug-likeness (QED) is 0.875. The Bertz CT molecular complexity index is 721. The van der Waals surface area contributed by atoms with Crippen LogP contribution in [-0.4, -0.2) is 28.9 Å². The molecule has 0 atom stereocenters. The number of aryl methyl sites for hydroxylation is 1. The van der Waals surface area contributed by atoms with Crippen molar-refractivity contribution < 1.29 is 4.79 Å². The third-order valence-electron chi connectivity index (χ3n) is 6.19. The van der Waals surface area contributed by atoms with Crippen molar-refractivity contribution in [3.8, 4) is 0 Å². The Kier molecular flexibility index (Phi) is 4.34. The number of piperidine rings is 1. The Balaban J connectivity index is 1.43. The molecular formula is C21H28N2O. The number of H-pyrrole nitrogens is 1. The lowest BCUT2D eigenvalue weighted by molar-refractivity contribution is -0.133. The van der Waals surface area contributed by atoms with Crippen molar-refractivity contribution in [2.75, 3.05) is 13.1 Å². The molecule has 1 amide bonds. The highest BCUT2D eigenvalue weighted by Gasteiger charge is 2.28. The van der Waals surface area contributed by atoms with Gasteiger partial charge in [-0.1, -0.05) is 31.5 Å². The number of likely N-dealkylation sites (tertiary alicyclic amines) is 1. The number of fused-ring (bicyclic) bond motifs is 1. The van der Waals surface area contributed by atoms with E-state index < -0.39 is 0 Å². The summed E-state index contributed by atoms with van der Waals surface area (Å²) in [5.74, 6) is 1.65. The number of benzene rings is 1. The predicted octanol–water partition coefficient (Wildman–Crippen LogP) is 4.63. The fourth-order valence-electron chi connectivity index (χ4n) is 4.38. The average Bonchev–Trinajstić information content (AvgIpc) is 3.02. The van der Waals surface area contributed by atoms with E-state index in [1.165, 1.54) is 41.3 Å². The summed E-state index contributed by atoms with van der Waals surface area (Å²) in [5, 5.41) is 1.38. The molecule has 3 heteroatoms. The fourth-order valence-corrected chi connectivity index (χ4v) is 4.38. The second kappa shape index (κ2) is 6.62. The van der Waals surface area contributed by atoms with Crippen molar-refractivity contribution in [3.05, 3.63) is 35.5 Å². The van der Waals surface area contributed by atoms with Gasteiger partial charge in [-0.15, -0.1) is 0 Å². The molecule has 24 heavy (non-hydrogen) atoms.